The van der Waals surface area contributed by atoms with Crippen molar-refractivity contribution in [3.05, 3.63) is 59.4 Å². The van der Waals surface area contributed by atoms with Gasteiger partial charge < -0.3 is 5.11 Å². The molecule has 0 fully saturated rings. The number of aromatic nitrogens is 2. The first-order chi connectivity index (χ1) is 9.65. The van der Waals surface area contributed by atoms with Gasteiger partial charge in [-0.25, -0.2) is 13.9 Å². The molecule has 0 spiro atoms. The summed E-state index contributed by atoms with van der Waals surface area (Å²) >= 11 is 1.47. The fourth-order valence-corrected chi connectivity index (χ4v) is 2.56. The maximum Gasteiger partial charge on any atom is 0.354 e. The van der Waals surface area contributed by atoms with Crippen molar-refractivity contribution in [1.29, 1.82) is 0 Å². The summed E-state index contributed by atoms with van der Waals surface area (Å²) in [5, 5.41) is 15.4. The van der Waals surface area contributed by atoms with Gasteiger partial charge in [0.2, 0.25) is 0 Å². The zero-order valence-electron chi connectivity index (χ0n) is 10.2. The average molecular weight is 288 g/mol. The quantitative estimate of drug-likeness (QED) is 0.803. The first-order valence-electron chi connectivity index (χ1n) is 5.78. The van der Waals surface area contributed by atoms with Crippen LogP contribution in [0, 0.1) is 5.82 Å². The minimum Gasteiger partial charge on any atom is -0.477 e. The summed E-state index contributed by atoms with van der Waals surface area (Å²) in [5.74, 6) is -1.54. The fraction of sp³-hybridized carbons (Fsp3) is 0. The normalized spacial score (nSPS) is 10.7. The molecule has 4 nitrogen and oxygen atoms in total. The molecular formula is C14H9FN2O2S. The summed E-state index contributed by atoms with van der Waals surface area (Å²) in [6.45, 7) is 0. The van der Waals surface area contributed by atoms with Gasteiger partial charge in [-0.2, -0.15) is 5.10 Å². The van der Waals surface area contributed by atoms with Gasteiger partial charge in [0.25, 0.3) is 0 Å². The minimum absolute atomic E-state index is 0.000926. The Morgan fingerprint density at radius 2 is 2.10 bits per heavy atom. The molecule has 1 N–H and O–H groups in total. The molecular weight excluding hydrogens is 279 g/mol. The molecule has 3 rings (SSSR count). The Hall–Kier alpha value is -2.47. The van der Waals surface area contributed by atoms with E-state index in [1.54, 1.807) is 6.07 Å². The summed E-state index contributed by atoms with van der Waals surface area (Å²) < 4.78 is 14.5. The van der Waals surface area contributed by atoms with Gasteiger partial charge in [-0.05, 0) is 29.6 Å². The van der Waals surface area contributed by atoms with Crippen molar-refractivity contribution in [3.8, 4) is 16.3 Å². The minimum atomic E-state index is -1.11. The Balaban J connectivity index is 2.17. The van der Waals surface area contributed by atoms with Gasteiger partial charge in [0.1, 0.15) is 11.5 Å². The molecule has 100 valence electrons. The van der Waals surface area contributed by atoms with Crippen LogP contribution in [0.4, 0.5) is 4.39 Å². The van der Waals surface area contributed by atoms with Gasteiger partial charge in [0, 0.05) is 6.07 Å². The highest BCUT2D eigenvalue weighted by Crippen LogP contribution is 2.25. The number of hydrogen-bond acceptors (Lipinski definition) is 3. The molecule has 6 heteroatoms. The number of thiophene rings is 1. The molecule has 0 atom stereocenters. The lowest BCUT2D eigenvalue weighted by Crippen LogP contribution is -2.07. The molecule has 20 heavy (non-hydrogen) atoms. The monoisotopic (exact) mass is 288 g/mol. The lowest BCUT2D eigenvalue weighted by Gasteiger charge is -2.03. The third-order valence-electron chi connectivity index (χ3n) is 2.75. The van der Waals surface area contributed by atoms with Crippen LogP contribution in [0.3, 0.4) is 0 Å². The lowest BCUT2D eigenvalue weighted by molar-refractivity contribution is 0.0687. The van der Waals surface area contributed by atoms with Gasteiger partial charge in [0.05, 0.1) is 10.6 Å². The third kappa shape index (κ3) is 2.21. The highest BCUT2D eigenvalue weighted by Gasteiger charge is 2.17. The highest BCUT2D eigenvalue weighted by molar-refractivity contribution is 7.13. The Morgan fingerprint density at radius 1 is 1.25 bits per heavy atom. The molecule has 0 saturated carbocycles. The number of benzene rings is 1. The standard InChI is InChI=1S/C14H9FN2O2S/c15-9-3-1-4-10(7-9)17-12(14(18)19)8-11(16-17)13-5-2-6-20-13/h1-8H,(H,18,19). The van der Waals surface area contributed by atoms with Crippen LogP contribution < -0.4 is 0 Å². The number of hydrogen-bond donors (Lipinski definition) is 1. The largest absolute Gasteiger partial charge is 0.477 e. The predicted molar refractivity (Wildman–Crippen MR) is 73.8 cm³/mol. The van der Waals surface area contributed by atoms with Crippen molar-refractivity contribution >= 4 is 17.3 Å². The van der Waals surface area contributed by atoms with Crippen molar-refractivity contribution in [1.82, 2.24) is 9.78 Å². The second-order valence-corrected chi connectivity index (χ2v) is 5.04. The number of carbonyl (C=O) groups is 1. The summed E-state index contributed by atoms with van der Waals surface area (Å²) in [4.78, 5) is 12.2. The SMILES string of the molecule is O=C(O)c1cc(-c2cccs2)nn1-c1cccc(F)c1. The van der Waals surface area contributed by atoms with Gasteiger partial charge in [-0.1, -0.05) is 12.1 Å². The van der Waals surface area contributed by atoms with E-state index in [9.17, 15) is 14.3 Å². The average Bonchev–Trinajstić information content (AvgIpc) is 3.08. The highest BCUT2D eigenvalue weighted by atomic mass is 32.1. The smallest absolute Gasteiger partial charge is 0.354 e. The van der Waals surface area contributed by atoms with Crippen LogP contribution in [0.15, 0.2) is 47.8 Å². The van der Waals surface area contributed by atoms with Crippen LogP contribution in [-0.4, -0.2) is 20.9 Å². The molecule has 0 aliphatic rings. The molecule has 0 saturated heterocycles. The van der Waals surface area contributed by atoms with Crippen LogP contribution in [0.25, 0.3) is 16.3 Å². The first kappa shape index (κ1) is 12.6. The van der Waals surface area contributed by atoms with Crippen LogP contribution in [-0.2, 0) is 0 Å². The topological polar surface area (TPSA) is 55.1 Å². The second kappa shape index (κ2) is 4.90. The van der Waals surface area contributed by atoms with E-state index in [0.29, 0.717) is 11.4 Å². The van der Waals surface area contributed by atoms with E-state index in [2.05, 4.69) is 5.10 Å². The fourth-order valence-electron chi connectivity index (χ4n) is 1.88. The van der Waals surface area contributed by atoms with Crippen molar-refractivity contribution in [2.24, 2.45) is 0 Å². The van der Waals surface area contributed by atoms with E-state index in [4.69, 9.17) is 0 Å². The Morgan fingerprint density at radius 3 is 2.75 bits per heavy atom. The number of nitrogens with zero attached hydrogens (tertiary/aromatic N) is 2. The van der Waals surface area contributed by atoms with Crippen molar-refractivity contribution < 1.29 is 14.3 Å². The van der Waals surface area contributed by atoms with Crippen LogP contribution >= 0.6 is 11.3 Å². The van der Waals surface area contributed by atoms with E-state index < -0.39 is 11.8 Å². The zero-order chi connectivity index (χ0) is 14.1. The molecule has 2 aromatic heterocycles. The van der Waals surface area contributed by atoms with Crippen molar-refractivity contribution in [2.45, 2.75) is 0 Å². The predicted octanol–water partition coefficient (Wildman–Crippen LogP) is 3.44. The van der Waals surface area contributed by atoms with Crippen molar-refractivity contribution in [3.63, 3.8) is 0 Å². The van der Waals surface area contributed by atoms with E-state index in [-0.39, 0.29) is 5.69 Å². The van der Waals surface area contributed by atoms with Crippen LogP contribution in [0.2, 0.25) is 0 Å². The van der Waals surface area contributed by atoms with Crippen molar-refractivity contribution in [2.75, 3.05) is 0 Å². The lowest BCUT2D eigenvalue weighted by atomic mass is 10.3. The Kier molecular flexibility index (Phi) is 3.08. The molecule has 0 amide bonds. The molecule has 0 bridgehead atoms. The molecule has 0 radical (unpaired) electrons. The summed E-state index contributed by atoms with van der Waals surface area (Å²) in [7, 11) is 0. The Bertz CT molecular complexity index is 765. The Labute approximate surface area is 117 Å². The summed E-state index contributed by atoms with van der Waals surface area (Å²) in [6, 6.07) is 10.9. The zero-order valence-corrected chi connectivity index (χ0v) is 11.0. The number of rotatable bonds is 3. The maximum absolute atomic E-state index is 13.3. The van der Waals surface area contributed by atoms with Gasteiger partial charge in [-0.15, -0.1) is 11.3 Å². The van der Waals surface area contributed by atoms with Gasteiger partial charge in [0.15, 0.2) is 5.69 Å². The number of halogens is 1. The van der Waals surface area contributed by atoms with E-state index in [1.807, 2.05) is 17.5 Å². The third-order valence-corrected chi connectivity index (χ3v) is 3.65. The van der Waals surface area contributed by atoms with Crippen LogP contribution in [0.1, 0.15) is 10.5 Å². The maximum atomic E-state index is 13.3. The molecule has 3 aromatic rings. The molecule has 0 aliphatic carbocycles. The molecule has 2 heterocycles. The van der Waals surface area contributed by atoms with E-state index in [1.165, 1.54) is 40.3 Å². The molecule has 0 aliphatic heterocycles. The molecule has 1 aromatic carbocycles. The summed E-state index contributed by atoms with van der Waals surface area (Å²) in [6.07, 6.45) is 0. The first-order valence-corrected chi connectivity index (χ1v) is 6.66. The van der Waals surface area contributed by atoms with Gasteiger partial charge >= 0.3 is 5.97 Å². The van der Waals surface area contributed by atoms with Crippen LogP contribution in [0.5, 0.6) is 0 Å². The second-order valence-electron chi connectivity index (χ2n) is 4.09. The number of carboxylic acids is 1. The molecule has 0 unspecified atom stereocenters. The van der Waals surface area contributed by atoms with Gasteiger partial charge in [-0.3, -0.25) is 0 Å². The van der Waals surface area contributed by atoms with E-state index >= 15 is 0 Å². The summed E-state index contributed by atoms with van der Waals surface area (Å²) in [5.41, 5.74) is 0.936. The number of aromatic carboxylic acids is 1. The van der Waals surface area contributed by atoms with E-state index in [0.717, 1.165) is 4.88 Å². The number of carboxylic acid groups (broad SMARTS) is 1.